The fourth-order valence-corrected chi connectivity index (χ4v) is 11.0. The number of aliphatic hydroxyl groups is 5. The summed E-state index contributed by atoms with van der Waals surface area (Å²) in [6, 6.07) is 46.1. The molecule has 1 amide bonds. The van der Waals surface area contributed by atoms with Crippen LogP contribution in [0.3, 0.4) is 0 Å². The lowest BCUT2D eigenvalue weighted by Gasteiger charge is -2.52. The predicted molar refractivity (Wildman–Crippen MR) is 317 cm³/mol. The molecule has 0 bridgehead atoms. The molecule has 8 rings (SSSR count). The molecular weight excluding hydrogens is 1120 g/mol. The highest BCUT2D eigenvalue weighted by molar-refractivity contribution is 5.78. The van der Waals surface area contributed by atoms with Crippen LogP contribution in [0.15, 0.2) is 152 Å². The van der Waals surface area contributed by atoms with E-state index in [1.54, 1.807) is 0 Å². The summed E-state index contributed by atoms with van der Waals surface area (Å²) in [5, 5.41) is 59.8. The zero-order valence-corrected chi connectivity index (χ0v) is 49.9. The van der Waals surface area contributed by atoms with Crippen molar-refractivity contribution in [1.82, 2.24) is 5.32 Å². The van der Waals surface area contributed by atoms with Gasteiger partial charge in [0.2, 0.25) is 5.91 Å². The van der Waals surface area contributed by atoms with E-state index in [9.17, 15) is 35.1 Å². The number of aliphatic hydroxyl groups excluding tert-OH is 5. The fourth-order valence-electron chi connectivity index (χ4n) is 11.0. The van der Waals surface area contributed by atoms with Crippen molar-refractivity contribution >= 4 is 11.9 Å². The third kappa shape index (κ3) is 19.4. The molecule has 3 aliphatic heterocycles. The van der Waals surface area contributed by atoms with Crippen LogP contribution in [0, 0.1) is 0 Å². The molecule has 6 N–H and O–H groups in total. The SMILES string of the molecule is CCCCCCCCO[C@@H]1O[C@H](COCc2ccccc2)[C@@H](O[C@@H]2O[C@H](COCc3ccccc3)[C@H](O[C@]3(C(=O)OC)C[C@H](O)[C@@H](NC(C)=O)[C@H]([C@H](O)[C@H](O)CO)O3)[C@H](O)[C@H]2OCc2ccccc2)[C@H](OCc2ccccc2)[C@H]1OCc1ccccc1. The third-order valence-electron chi connectivity index (χ3n) is 15.6. The summed E-state index contributed by atoms with van der Waals surface area (Å²) in [4.78, 5) is 26.9. The molecule has 0 spiro atoms. The first-order chi connectivity index (χ1) is 42.4. The maximum absolute atomic E-state index is 14.4. The van der Waals surface area contributed by atoms with E-state index in [2.05, 4.69) is 12.2 Å². The predicted octanol–water partition coefficient (Wildman–Crippen LogP) is 6.37. The number of ether oxygens (including phenoxy) is 12. The van der Waals surface area contributed by atoms with Crippen LogP contribution in [0.1, 0.15) is 86.6 Å². The average molecular weight is 1210 g/mol. The summed E-state index contributed by atoms with van der Waals surface area (Å²) in [5.74, 6) is -4.57. The number of carbonyl (C=O) groups excluding carboxylic acids is 2. The molecule has 0 saturated carbocycles. The van der Waals surface area contributed by atoms with Gasteiger partial charge in [-0.3, -0.25) is 4.79 Å². The Labute approximate surface area is 509 Å². The van der Waals surface area contributed by atoms with Gasteiger partial charge in [-0.1, -0.05) is 191 Å². The van der Waals surface area contributed by atoms with Gasteiger partial charge in [0.05, 0.1) is 72.1 Å². The Kier molecular flexibility index (Phi) is 27.1. The van der Waals surface area contributed by atoms with E-state index in [4.69, 9.17) is 56.8 Å². The highest BCUT2D eigenvalue weighted by atomic mass is 16.8. The van der Waals surface area contributed by atoms with Crippen LogP contribution in [0.25, 0.3) is 0 Å². The topological polar surface area (TPSA) is 258 Å². The molecule has 3 fully saturated rings. The molecular formula is C67H87NO19. The number of benzene rings is 5. The lowest BCUT2D eigenvalue weighted by atomic mass is 9.88. The van der Waals surface area contributed by atoms with Crippen molar-refractivity contribution in [3.05, 3.63) is 179 Å². The van der Waals surface area contributed by atoms with Gasteiger partial charge in [0.1, 0.15) is 67.1 Å². The third-order valence-corrected chi connectivity index (χ3v) is 15.6. The fraction of sp³-hybridized carbons (Fsp3) is 0.522. The minimum absolute atomic E-state index is 0.0496. The number of methoxy groups -OCH3 is 1. The van der Waals surface area contributed by atoms with Crippen LogP contribution in [0.4, 0.5) is 0 Å². The normalized spacial score (nSPS) is 28.1. The van der Waals surface area contributed by atoms with E-state index in [1.807, 2.05) is 152 Å². The number of amides is 1. The Morgan fingerprint density at radius 2 is 1.05 bits per heavy atom. The molecule has 5 aromatic rings. The number of nitrogens with one attached hydrogen (secondary N) is 1. The number of unbranched alkanes of at least 4 members (excludes halogenated alkanes) is 5. The molecule has 3 aliphatic rings. The molecule has 5 aromatic carbocycles. The largest absolute Gasteiger partial charge is 0.465 e. The summed E-state index contributed by atoms with van der Waals surface area (Å²) >= 11 is 0. The smallest absolute Gasteiger partial charge is 0.366 e. The van der Waals surface area contributed by atoms with E-state index in [0.29, 0.717) is 12.2 Å². The molecule has 87 heavy (non-hydrogen) atoms. The van der Waals surface area contributed by atoms with Crippen LogP contribution in [0.2, 0.25) is 0 Å². The maximum atomic E-state index is 14.4. The van der Waals surface area contributed by atoms with Gasteiger partial charge in [-0.2, -0.15) is 0 Å². The first kappa shape index (κ1) is 67.3. The quantitative estimate of drug-likeness (QED) is 0.0193. The van der Waals surface area contributed by atoms with Crippen LogP contribution in [-0.2, 0) is 99.5 Å². The van der Waals surface area contributed by atoms with Crippen molar-refractivity contribution in [3.8, 4) is 0 Å². The van der Waals surface area contributed by atoms with Crippen molar-refractivity contribution < 1.29 is 92.0 Å². The van der Waals surface area contributed by atoms with Gasteiger partial charge in [0.25, 0.3) is 5.79 Å². The second kappa shape index (κ2) is 35.0. The minimum atomic E-state index is -2.70. The molecule has 0 unspecified atom stereocenters. The first-order valence-electron chi connectivity index (χ1n) is 30.2. The molecule has 16 atom stereocenters. The molecule has 0 aliphatic carbocycles. The number of carbonyl (C=O) groups is 2. The van der Waals surface area contributed by atoms with E-state index < -0.39 is 123 Å². The zero-order chi connectivity index (χ0) is 61.4. The van der Waals surface area contributed by atoms with Crippen molar-refractivity contribution in [1.29, 1.82) is 0 Å². The van der Waals surface area contributed by atoms with Gasteiger partial charge in [0.15, 0.2) is 12.6 Å². The average Bonchev–Trinajstić information content (AvgIpc) is 0.965. The second-order valence-electron chi connectivity index (χ2n) is 22.2. The Balaban J connectivity index is 1.21. The molecule has 3 saturated heterocycles. The lowest BCUT2D eigenvalue weighted by Crippen LogP contribution is -2.71. The standard InChI is InChI=1S/C67H87NO19/c1-4-5-6-7-8-24-35-79-64-63(82-42-50-33-22-13-23-34-50)62(81-41-49-31-20-12-21-32-49)59(54(83-64)44-78-39-47-27-16-10-17-28-47)85-65-61(80-40-48-29-18-11-19-30-48)57(74)58(53(84-65)43-77-38-46-25-14-9-15-26-46)86-67(66(75)76-3)36-51(71)55(68-45(2)70)60(87-67)56(73)52(72)37-69/h9-23,25-34,51-65,69,71-74H,4-8,24,35-44H2,1-3H3,(H,68,70)/t51-,52+,53+,54+,55+,56+,57-,58-,59+,60+,61+,62-,63+,64+,65-,67+/m0/s1. The second-order valence-corrected chi connectivity index (χ2v) is 22.2. The highest BCUT2D eigenvalue weighted by Gasteiger charge is 2.61. The Morgan fingerprint density at radius 3 is 1.54 bits per heavy atom. The molecule has 0 radical (unpaired) electrons. The van der Waals surface area contributed by atoms with Gasteiger partial charge in [0, 0.05) is 20.0 Å². The summed E-state index contributed by atoms with van der Waals surface area (Å²) in [6.45, 7) is 2.76. The first-order valence-corrected chi connectivity index (χ1v) is 30.2. The Hall–Kier alpha value is -5.60. The number of esters is 1. The summed E-state index contributed by atoms with van der Waals surface area (Å²) in [5.41, 5.74) is 4.15. The van der Waals surface area contributed by atoms with Gasteiger partial charge < -0.3 is 87.7 Å². The van der Waals surface area contributed by atoms with Crippen LogP contribution in [-0.4, -0.2) is 169 Å². The molecule has 3 heterocycles. The summed E-state index contributed by atoms with van der Waals surface area (Å²) < 4.78 is 80.1. The van der Waals surface area contributed by atoms with E-state index >= 15 is 0 Å². The van der Waals surface area contributed by atoms with Gasteiger partial charge >= 0.3 is 5.97 Å². The van der Waals surface area contributed by atoms with Gasteiger partial charge in [-0.05, 0) is 34.2 Å². The van der Waals surface area contributed by atoms with Crippen molar-refractivity contribution in [2.24, 2.45) is 0 Å². The minimum Gasteiger partial charge on any atom is -0.465 e. The van der Waals surface area contributed by atoms with Crippen LogP contribution < -0.4 is 5.32 Å². The van der Waals surface area contributed by atoms with Crippen molar-refractivity contribution in [2.45, 2.75) is 189 Å². The Morgan fingerprint density at radius 1 is 0.586 bits per heavy atom. The number of rotatable bonds is 34. The van der Waals surface area contributed by atoms with Crippen LogP contribution >= 0.6 is 0 Å². The monoisotopic (exact) mass is 1210 g/mol. The molecule has 20 heteroatoms. The van der Waals surface area contributed by atoms with Crippen molar-refractivity contribution in [2.75, 3.05) is 33.5 Å². The van der Waals surface area contributed by atoms with E-state index in [1.165, 1.54) is 6.92 Å². The maximum Gasteiger partial charge on any atom is 0.366 e. The van der Waals surface area contributed by atoms with Crippen molar-refractivity contribution in [3.63, 3.8) is 0 Å². The zero-order valence-electron chi connectivity index (χ0n) is 49.9. The Bertz CT molecular complexity index is 2720. The van der Waals surface area contributed by atoms with Crippen LogP contribution in [0.5, 0.6) is 0 Å². The summed E-state index contributed by atoms with van der Waals surface area (Å²) in [7, 11) is 1.05. The van der Waals surface area contributed by atoms with E-state index in [0.717, 1.165) is 67.9 Å². The molecule has 474 valence electrons. The highest BCUT2D eigenvalue weighted by Crippen LogP contribution is 2.41. The molecule has 20 nitrogen and oxygen atoms in total. The van der Waals surface area contributed by atoms with E-state index in [-0.39, 0.29) is 46.2 Å². The van der Waals surface area contributed by atoms with Gasteiger partial charge in [-0.15, -0.1) is 0 Å². The lowest BCUT2D eigenvalue weighted by molar-refractivity contribution is -0.393. The molecule has 0 aromatic heterocycles. The summed E-state index contributed by atoms with van der Waals surface area (Å²) in [6.07, 6.45) is -15.0. The van der Waals surface area contributed by atoms with Gasteiger partial charge in [-0.25, -0.2) is 4.79 Å². The number of hydrogen-bond donors (Lipinski definition) is 6. The number of hydrogen-bond acceptors (Lipinski definition) is 19.